The molecule has 0 bridgehead atoms. The van der Waals surface area contributed by atoms with Gasteiger partial charge in [-0.2, -0.15) is 5.10 Å². The van der Waals surface area contributed by atoms with Crippen LogP contribution in [0.5, 0.6) is 17.2 Å². The summed E-state index contributed by atoms with van der Waals surface area (Å²) in [6, 6.07) is 17.3. The zero-order valence-corrected chi connectivity index (χ0v) is 19.1. The Labute approximate surface area is 203 Å². The number of hydrogen-bond acceptors (Lipinski definition) is 6. The normalized spacial score (nSPS) is 10.6. The summed E-state index contributed by atoms with van der Waals surface area (Å²) < 4.78 is 11.0. The Bertz CT molecular complexity index is 1390. The van der Waals surface area contributed by atoms with Crippen molar-refractivity contribution in [2.45, 2.75) is 0 Å². The standard InChI is InChI=1S/C23H16Cl2N4O5/c1-33-21-4-2-3-5-22(21)34-16-10-14(9-15(11-16)29(31)32)26-23(30)20-12-19(27-28-20)13-6-7-17(24)18(25)8-13/h2-12H,1H3,(H,26,30)(H,27,28). The first-order valence-electron chi connectivity index (χ1n) is 9.76. The topological polar surface area (TPSA) is 119 Å². The number of methoxy groups -OCH3 is 1. The molecule has 0 saturated carbocycles. The number of rotatable bonds is 7. The van der Waals surface area contributed by atoms with Gasteiger partial charge in [0.25, 0.3) is 11.6 Å². The van der Waals surface area contributed by atoms with Gasteiger partial charge >= 0.3 is 0 Å². The van der Waals surface area contributed by atoms with E-state index in [1.165, 1.54) is 31.4 Å². The van der Waals surface area contributed by atoms with Gasteiger partial charge in [-0.15, -0.1) is 0 Å². The number of hydrogen-bond donors (Lipinski definition) is 2. The van der Waals surface area contributed by atoms with E-state index in [-0.39, 0.29) is 22.8 Å². The number of nitrogens with one attached hydrogen (secondary N) is 2. The molecule has 11 heteroatoms. The number of anilines is 1. The van der Waals surface area contributed by atoms with Crippen LogP contribution in [0.25, 0.3) is 11.3 Å². The third-order valence-corrected chi connectivity index (χ3v) is 5.43. The van der Waals surface area contributed by atoms with Crippen LogP contribution in [0, 0.1) is 10.1 Å². The molecule has 1 amide bonds. The molecule has 0 radical (unpaired) electrons. The molecule has 9 nitrogen and oxygen atoms in total. The number of non-ortho nitro benzene ring substituents is 1. The number of ether oxygens (including phenoxy) is 2. The Morgan fingerprint density at radius 3 is 2.50 bits per heavy atom. The van der Waals surface area contributed by atoms with E-state index in [0.717, 1.165) is 0 Å². The highest BCUT2D eigenvalue weighted by molar-refractivity contribution is 6.42. The van der Waals surface area contributed by atoms with Gasteiger partial charge in [-0.1, -0.05) is 41.4 Å². The molecule has 0 aliphatic carbocycles. The molecule has 4 aromatic rings. The number of amides is 1. The second-order valence-corrected chi connectivity index (χ2v) is 7.79. The van der Waals surface area contributed by atoms with Crippen molar-refractivity contribution in [1.29, 1.82) is 0 Å². The van der Waals surface area contributed by atoms with E-state index in [2.05, 4.69) is 15.5 Å². The Balaban J connectivity index is 1.58. The predicted molar refractivity (Wildman–Crippen MR) is 128 cm³/mol. The molecule has 0 unspecified atom stereocenters. The molecule has 0 saturated heterocycles. The van der Waals surface area contributed by atoms with E-state index in [1.807, 2.05) is 0 Å². The first-order valence-corrected chi connectivity index (χ1v) is 10.5. The van der Waals surface area contributed by atoms with E-state index >= 15 is 0 Å². The number of nitrogens with zero attached hydrogens (tertiary/aromatic N) is 2. The van der Waals surface area contributed by atoms with Crippen molar-refractivity contribution in [1.82, 2.24) is 10.2 Å². The zero-order valence-electron chi connectivity index (χ0n) is 17.5. The molecule has 0 aliphatic rings. The van der Waals surface area contributed by atoms with Gasteiger partial charge in [-0.3, -0.25) is 20.0 Å². The minimum atomic E-state index is -0.580. The van der Waals surface area contributed by atoms with Crippen LogP contribution in [0.3, 0.4) is 0 Å². The molecule has 0 spiro atoms. The molecule has 172 valence electrons. The average Bonchev–Trinajstić information content (AvgIpc) is 3.31. The molecule has 0 atom stereocenters. The number of carbonyl (C=O) groups excluding carboxylic acids is 1. The summed E-state index contributed by atoms with van der Waals surface area (Å²) in [5, 5.41) is 21.6. The van der Waals surface area contributed by atoms with Crippen LogP contribution in [-0.4, -0.2) is 28.1 Å². The van der Waals surface area contributed by atoms with E-state index in [1.54, 1.807) is 42.5 Å². The summed E-state index contributed by atoms with van der Waals surface area (Å²) in [4.78, 5) is 23.6. The maximum absolute atomic E-state index is 12.8. The summed E-state index contributed by atoms with van der Waals surface area (Å²) in [6.45, 7) is 0. The Morgan fingerprint density at radius 2 is 1.79 bits per heavy atom. The van der Waals surface area contributed by atoms with Crippen LogP contribution in [0.15, 0.2) is 66.7 Å². The molecular weight excluding hydrogens is 483 g/mol. The van der Waals surface area contributed by atoms with Gasteiger partial charge in [0.2, 0.25) is 0 Å². The van der Waals surface area contributed by atoms with E-state index < -0.39 is 10.8 Å². The smallest absolute Gasteiger partial charge is 0.275 e. The van der Waals surface area contributed by atoms with Crippen LogP contribution in [0.2, 0.25) is 10.0 Å². The number of nitro benzene ring substituents is 1. The molecule has 34 heavy (non-hydrogen) atoms. The molecule has 1 aromatic heterocycles. The highest BCUT2D eigenvalue weighted by atomic mass is 35.5. The summed E-state index contributed by atoms with van der Waals surface area (Å²) >= 11 is 12.0. The molecule has 2 N–H and O–H groups in total. The zero-order chi connectivity index (χ0) is 24.2. The summed E-state index contributed by atoms with van der Waals surface area (Å²) in [6.07, 6.45) is 0. The molecule has 0 fully saturated rings. The number of nitro groups is 1. The minimum Gasteiger partial charge on any atom is -0.493 e. The van der Waals surface area contributed by atoms with Gasteiger partial charge in [0.1, 0.15) is 11.4 Å². The lowest BCUT2D eigenvalue weighted by atomic mass is 10.1. The van der Waals surface area contributed by atoms with Crippen molar-refractivity contribution < 1.29 is 19.2 Å². The average molecular weight is 499 g/mol. The van der Waals surface area contributed by atoms with Gasteiger partial charge in [0.15, 0.2) is 11.5 Å². The molecule has 3 aromatic carbocycles. The third kappa shape index (κ3) is 5.11. The van der Waals surface area contributed by atoms with E-state index in [4.69, 9.17) is 32.7 Å². The fraction of sp³-hybridized carbons (Fsp3) is 0.0435. The number of halogens is 2. The summed E-state index contributed by atoms with van der Waals surface area (Å²) in [5.74, 6) is 0.409. The third-order valence-electron chi connectivity index (χ3n) is 4.69. The SMILES string of the molecule is COc1ccccc1Oc1cc(NC(=O)c2cc(-c3ccc(Cl)c(Cl)c3)n[nH]2)cc([N+](=O)[O-])c1. The number of carbonyl (C=O) groups is 1. The lowest BCUT2D eigenvalue weighted by Crippen LogP contribution is -2.12. The number of benzene rings is 3. The van der Waals surface area contributed by atoms with Gasteiger partial charge in [0.05, 0.1) is 39.5 Å². The molecule has 4 rings (SSSR count). The van der Waals surface area contributed by atoms with Crippen molar-refractivity contribution in [3.63, 3.8) is 0 Å². The van der Waals surface area contributed by atoms with Gasteiger partial charge in [-0.25, -0.2) is 0 Å². The van der Waals surface area contributed by atoms with E-state index in [0.29, 0.717) is 32.8 Å². The molecule has 1 heterocycles. The second kappa shape index (κ2) is 9.82. The Hall–Kier alpha value is -4.08. The van der Waals surface area contributed by atoms with Gasteiger partial charge in [-0.05, 0) is 30.3 Å². The van der Waals surface area contributed by atoms with Crippen LogP contribution >= 0.6 is 23.2 Å². The minimum absolute atomic E-state index is 0.139. The maximum Gasteiger partial charge on any atom is 0.275 e. The monoisotopic (exact) mass is 498 g/mol. The maximum atomic E-state index is 12.8. The number of para-hydroxylation sites is 2. The quantitative estimate of drug-likeness (QED) is 0.226. The molecule has 0 aliphatic heterocycles. The number of aromatic nitrogens is 2. The number of aromatic amines is 1. The van der Waals surface area contributed by atoms with Crippen molar-refractivity contribution in [3.8, 4) is 28.5 Å². The van der Waals surface area contributed by atoms with Crippen LogP contribution in [-0.2, 0) is 0 Å². The Morgan fingerprint density at radius 1 is 1.03 bits per heavy atom. The fourth-order valence-corrected chi connectivity index (χ4v) is 3.39. The lowest BCUT2D eigenvalue weighted by molar-refractivity contribution is -0.384. The van der Waals surface area contributed by atoms with Crippen LogP contribution in [0.4, 0.5) is 11.4 Å². The Kier molecular flexibility index (Phi) is 6.67. The lowest BCUT2D eigenvalue weighted by Gasteiger charge is -2.11. The van der Waals surface area contributed by atoms with Crippen molar-refractivity contribution in [2.75, 3.05) is 12.4 Å². The van der Waals surface area contributed by atoms with E-state index in [9.17, 15) is 14.9 Å². The van der Waals surface area contributed by atoms with Crippen LogP contribution in [0.1, 0.15) is 10.5 Å². The second-order valence-electron chi connectivity index (χ2n) is 6.98. The largest absolute Gasteiger partial charge is 0.493 e. The fourth-order valence-electron chi connectivity index (χ4n) is 3.09. The number of H-pyrrole nitrogens is 1. The highest BCUT2D eigenvalue weighted by Crippen LogP contribution is 2.34. The van der Waals surface area contributed by atoms with Gasteiger partial charge in [0, 0.05) is 17.7 Å². The summed E-state index contributed by atoms with van der Waals surface area (Å²) in [5.41, 5.74) is 1.17. The predicted octanol–water partition coefficient (Wildman–Crippen LogP) is 6.34. The molecular formula is C23H16Cl2N4O5. The highest BCUT2D eigenvalue weighted by Gasteiger charge is 2.17. The summed E-state index contributed by atoms with van der Waals surface area (Å²) in [7, 11) is 1.48. The first-order chi connectivity index (χ1) is 16.3. The van der Waals surface area contributed by atoms with Crippen LogP contribution < -0.4 is 14.8 Å². The first kappa shape index (κ1) is 23.1. The van der Waals surface area contributed by atoms with Gasteiger partial charge < -0.3 is 14.8 Å². The van der Waals surface area contributed by atoms with Crippen molar-refractivity contribution >= 4 is 40.5 Å². The van der Waals surface area contributed by atoms with Crippen molar-refractivity contribution in [3.05, 3.63) is 92.6 Å². The van der Waals surface area contributed by atoms with Crippen molar-refractivity contribution in [2.24, 2.45) is 0 Å².